The molecule has 0 bridgehead atoms. The van der Waals surface area contributed by atoms with Crippen LogP contribution in [0.2, 0.25) is 0 Å². The molecule has 1 amide bonds. The number of hydrogen-bond donors (Lipinski definition) is 2. The lowest BCUT2D eigenvalue weighted by molar-refractivity contribution is 0.158. The summed E-state index contributed by atoms with van der Waals surface area (Å²) in [6.45, 7) is 4.35. The van der Waals surface area contributed by atoms with Crippen molar-refractivity contribution in [3.8, 4) is 0 Å². The highest BCUT2D eigenvalue weighted by Crippen LogP contribution is 2.06. The molecule has 0 unspecified atom stereocenters. The van der Waals surface area contributed by atoms with Crippen LogP contribution in [0.1, 0.15) is 20.3 Å². The van der Waals surface area contributed by atoms with Crippen molar-refractivity contribution in [1.82, 2.24) is 5.32 Å². The Labute approximate surface area is 67.1 Å². The van der Waals surface area contributed by atoms with Crippen LogP contribution in [-0.2, 0) is 4.74 Å². The molecule has 0 aromatic rings. The van der Waals surface area contributed by atoms with Gasteiger partial charge in [-0.3, -0.25) is 0 Å². The predicted molar refractivity (Wildman–Crippen MR) is 43.3 cm³/mol. The third-order valence-electron chi connectivity index (χ3n) is 1.40. The van der Waals surface area contributed by atoms with Crippen molar-refractivity contribution in [3.63, 3.8) is 0 Å². The number of carbonyl (C=O) groups excluding carboxylic acids is 1. The van der Waals surface area contributed by atoms with Crippen molar-refractivity contribution in [3.05, 3.63) is 0 Å². The van der Waals surface area contributed by atoms with E-state index in [1.54, 1.807) is 0 Å². The molecule has 4 heteroatoms. The molecule has 0 aliphatic carbocycles. The number of nitrogens with one attached hydrogen (secondary N) is 1. The molecule has 0 aliphatic rings. The van der Waals surface area contributed by atoms with E-state index in [0.29, 0.717) is 6.54 Å². The summed E-state index contributed by atoms with van der Waals surface area (Å²) in [5.41, 5.74) is 5.06. The number of carbonyl (C=O) groups is 1. The Balaban J connectivity index is 3.80. The Morgan fingerprint density at radius 1 is 1.64 bits per heavy atom. The van der Waals surface area contributed by atoms with Crippen LogP contribution in [0.4, 0.5) is 4.79 Å². The molecule has 0 saturated carbocycles. The summed E-state index contributed by atoms with van der Waals surface area (Å²) >= 11 is 0. The monoisotopic (exact) mass is 160 g/mol. The molecule has 3 N–H and O–H groups in total. The molecule has 4 nitrogen and oxygen atoms in total. The van der Waals surface area contributed by atoms with Crippen LogP contribution in [0.5, 0.6) is 0 Å². The van der Waals surface area contributed by atoms with Crippen molar-refractivity contribution >= 4 is 6.09 Å². The van der Waals surface area contributed by atoms with Gasteiger partial charge in [-0.1, -0.05) is 0 Å². The highest BCUT2D eigenvalue weighted by Gasteiger charge is 2.18. The van der Waals surface area contributed by atoms with Gasteiger partial charge in [-0.2, -0.15) is 0 Å². The van der Waals surface area contributed by atoms with E-state index < -0.39 is 6.09 Å². The minimum atomic E-state index is -0.413. The third kappa shape index (κ3) is 4.61. The first-order valence-electron chi connectivity index (χ1n) is 3.58. The van der Waals surface area contributed by atoms with Crippen LogP contribution in [0.25, 0.3) is 0 Å². The molecule has 0 radical (unpaired) electrons. The second-order valence-corrected chi connectivity index (χ2v) is 3.04. The molecular weight excluding hydrogens is 144 g/mol. The molecule has 66 valence electrons. The zero-order chi connectivity index (χ0) is 8.91. The second-order valence-electron chi connectivity index (χ2n) is 3.04. The van der Waals surface area contributed by atoms with Gasteiger partial charge >= 0.3 is 6.09 Å². The third-order valence-corrected chi connectivity index (χ3v) is 1.40. The first-order valence-corrected chi connectivity index (χ1v) is 3.58. The Bertz CT molecular complexity index is 134. The molecule has 0 aromatic heterocycles. The number of hydrogen-bond acceptors (Lipinski definition) is 3. The molecule has 0 spiro atoms. The maximum absolute atomic E-state index is 10.7. The van der Waals surface area contributed by atoms with Crippen LogP contribution in [0.3, 0.4) is 0 Å². The smallest absolute Gasteiger partial charge is 0.407 e. The Morgan fingerprint density at radius 3 is 2.55 bits per heavy atom. The zero-order valence-corrected chi connectivity index (χ0v) is 7.31. The van der Waals surface area contributed by atoms with E-state index in [9.17, 15) is 4.79 Å². The lowest BCUT2D eigenvalue weighted by Crippen LogP contribution is -2.44. The van der Waals surface area contributed by atoms with Gasteiger partial charge in [0.1, 0.15) is 0 Å². The molecule has 0 aromatic carbocycles. The topological polar surface area (TPSA) is 64.3 Å². The molecule has 11 heavy (non-hydrogen) atoms. The van der Waals surface area contributed by atoms with Gasteiger partial charge in [0.15, 0.2) is 0 Å². The van der Waals surface area contributed by atoms with E-state index in [-0.39, 0.29) is 5.54 Å². The first-order chi connectivity index (χ1) is 5.02. The van der Waals surface area contributed by atoms with E-state index in [4.69, 9.17) is 5.73 Å². The molecule has 0 aliphatic heterocycles. The van der Waals surface area contributed by atoms with Crippen molar-refractivity contribution in [2.24, 2.45) is 5.73 Å². The van der Waals surface area contributed by atoms with Crippen LogP contribution >= 0.6 is 0 Å². The fourth-order valence-corrected chi connectivity index (χ4v) is 0.751. The van der Waals surface area contributed by atoms with E-state index >= 15 is 0 Å². The van der Waals surface area contributed by atoms with Crippen molar-refractivity contribution in [2.45, 2.75) is 25.8 Å². The quantitative estimate of drug-likeness (QED) is 0.630. The van der Waals surface area contributed by atoms with Crippen LogP contribution in [-0.4, -0.2) is 25.3 Å². The average molecular weight is 160 g/mol. The summed E-state index contributed by atoms with van der Waals surface area (Å²) in [4.78, 5) is 10.7. The van der Waals surface area contributed by atoms with E-state index in [2.05, 4.69) is 10.1 Å². The largest absolute Gasteiger partial charge is 0.453 e. The normalized spacial score (nSPS) is 10.9. The summed E-state index contributed by atoms with van der Waals surface area (Å²) in [5.74, 6) is 0. The second kappa shape index (κ2) is 4.18. The van der Waals surface area contributed by atoms with Gasteiger partial charge in [0.2, 0.25) is 0 Å². The first kappa shape index (κ1) is 10.2. The van der Waals surface area contributed by atoms with Gasteiger partial charge in [-0.05, 0) is 26.8 Å². The maximum Gasteiger partial charge on any atom is 0.407 e. The molecule has 0 heterocycles. The van der Waals surface area contributed by atoms with Gasteiger partial charge < -0.3 is 15.8 Å². The standard InChI is InChI=1S/C7H16N2O2/c1-7(2,4-5-8)9-6(10)11-3/h4-5,8H2,1-3H3,(H,9,10). The van der Waals surface area contributed by atoms with Gasteiger partial charge in [0.05, 0.1) is 7.11 Å². The van der Waals surface area contributed by atoms with E-state index in [1.165, 1.54) is 7.11 Å². The van der Waals surface area contributed by atoms with Crippen LogP contribution in [0, 0.1) is 0 Å². The number of methoxy groups -OCH3 is 1. The molecule has 0 atom stereocenters. The van der Waals surface area contributed by atoms with Crippen LogP contribution < -0.4 is 11.1 Å². The number of alkyl carbamates (subject to hydrolysis) is 1. The summed E-state index contributed by atoms with van der Waals surface area (Å²) in [6, 6.07) is 0. The highest BCUT2D eigenvalue weighted by atomic mass is 16.5. The molecule has 0 saturated heterocycles. The van der Waals surface area contributed by atoms with Crippen molar-refractivity contribution in [1.29, 1.82) is 0 Å². The fraction of sp³-hybridized carbons (Fsp3) is 0.857. The van der Waals surface area contributed by atoms with Crippen molar-refractivity contribution in [2.75, 3.05) is 13.7 Å². The fourth-order valence-electron chi connectivity index (χ4n) is 0.751. The van der Waals surface area contributed by atoms with Gasteiger partial charge in [-0.25, -0.2) is 4.79 Å². The Hall–Kier alpha value is -0.770. The summed E-state index contributed by atoms with van der Waals surface area (Å²) in [5, 5.41) is 2.67. The average Bonchev–Trinajstić information content (AvgIpc) is 1.86. The minimum Gasteiger partial charge on any atom is -0.453 e. The van der Waals surface area contributed by atoms with Gasteiger partial charge in [0.25, 0.3) is 0 Å². The summed E-state index contributed by atoms with van der Waals surface area (Å²) in [6.07, 6.45) is 0.325. The predicted octanol–water partition coefficient (Wildman–Crippen LogP) is 0.470. The van der Waals surface area contributed by atoms with E-state index in [0.717, 1.165) is 6.42 Å². The van der Waals surface area contributed by atoms with Crippen LogP contribution in [0.15, 0.2) is 0 Å². The zero-order valence-electron chi connectivity index (χ0n) is 7.31. The van der Waals surface area contributed by atoms with Crippen molar-refractivity contribution < 1.29 is 9.53 Å². The van der Waals surface area contributed by atoms with E-state index in [1.807, 2.05) is 13.8 Å². The number of rotatable bonds is 3. The lowest BCUT2D eigenvalue weighted by Gasteiger charge is -2.24. The summed E-state index contributed by atoms with van der Waals surface area (Å²) < 4.78 is 4.44. The number of nitrogens with two attached hydrogens (primary N) is 1. The number of ether oxygens (including phenoxy) is 1. The Kier molecular flexibility index (Phi) is 3.89. The molecular formula is C7H16N2O2. The minimum absolute atomic E-state index is 0.276. The molecule has 0 rings (SSSR count). The lowest BCUT2D eigenvalue weighted by atomic mass is 10.0. The van der Waals surface area contributed by atoms with Gasteiger partial charge in [-0.15, -0.1) is 0 Å². The maximum atomic E-state index is 10.7. The molecule has 0 fully saturated rings. The Morgan fingerprint density at radius 2 is 2.18 bits per heavy atom. The summed E-state index contributed by atoms with van der Waals surface area (Å²) in [7, 11) is 1.34. The number of amides is 1. The highest BCUT2D eigenvalue weighted by molar-refractivity contribution is 5.67. The van der Waals surface area contributed by atoms with Gasteiger partial charge in [0, 0.05) is 5.54 Å². The SMILES string of the molecule is COC(=O)NC(C)(C)CCN.